The van der Waals surface area contributed by atoms with E-state index < -0.39 is 10.0 Å². The SMILES string of the molecule is CCCCCCCCCCCCCc1cccc([N+]#N)c1S(=O)(=O)NCCCCCCCCF. The summed E-state index contributed by atoms with van der Waals surface area (Å²) in [6.07, 6.45) is 19.4. The summed E-state index contributed by atoms with van der Waals surface area (Å²) >= 11 is 0. The minimum atomic E-state index is -3.75. The number of halogens is 1. The van der Waals surface area contributed by atoms with Gasteiger partial charge in [-0.25, -0.2) is 13.1 Å². The molecular weight excluding hydrogens is 449 g/mol. The molecule has 1 aromatic carbocycles. The molecule has 0 unspecified atom stereocenters. The van der Waals surface area contributed by atoms with E-state index in [0.717, 1.165) is 44.9 Å². The van der Waals surface area contributed by atoms with E-state index in [9.17, 15) is 18.2 Å². The summed E-state index contributed by atoms with van der Waals surface area (Å²) < 4.78 is 40.8. The van der Waals surface area contributed by atoms with Crippen molar-refractivity contribution in [1.29, 1.82) is 5.39 Å². The number of nitrogens with zero attached hydrogens (tertiary/aromatic N) is 2. The van der Waals surface area contributed by atoms with Crippen LogP contribution in [-0.2, 0) is 16.4 Å². The van der Waals surface area contributed by atoms with Crippen molar-refractivity contribution in [2.24, 2.45) is 0 Å². The summed E-state index contributed by atoms with van der Waals surface area (Å²) in [6, 6.07) is 5.10. The molecule has 1 aromatic rings. The molecule has 1 N–H and O–H groups in total. The van der Waals surface area contributed by atoms with Crippen LogP contribution in [0.3, 0.4) is 0 Å². The number of rotatable bonds is 22. The molecule has 194 valence electrons. The molecule has 0 saturated heterocycles. The minimum Gasteiger partial charge on any atom is -0.251 e. The largest absolute Gasteiger partial charge is 0.405 e. The van der Waals surface area contributed by atoms with Gasteiger partial charge in [0.25, 0.3) is 0 Å². The fourth-order valence-corrected chi connectivity index (χ4v) is 5.80. The van der Waals surface area contributed by atoms with E-state index >= 15 is 0 Å². The Morgan fingerprint density at radius 2 is 1.32 bits per heavy atom. The molecule has 5 nitrogen and oxygen atoms in total. The van der Waals surface area contributed by atoms with Crippen LogP contribution in [0.25, 0.3) is 4.98 Å². The average molecular weight is 497 g/mol. The molecule has 0 heterocycles. The van der Waals surface area contributed by atoms with E-state index in [1.807, 2.05) is 6.07 Å². The first-order valence-corrected chi connectivity index (χ1v) is 15.1. The summed E-state index contributed by atoms with van der Waals surface area (Å²) in [5, 5.41) is 9.38. The zero-order valence-corrected chi connectivity index (χ0v) is 22.2. The van der Waals surface area contributed by atoms with Crippen LogP contribution in [0.15, 0.2) is 23.1 Å². The molecule has 0 atom stereocenters. The number of alkyl halides is 1. The number of nitrogens with one attached hydrogen (secondary N) is 1. The third-order valence-corrected chi connectivity index (χ3v) is 7.95. The molecule has 7 heteroatoms. The van der Waals surface area contributed by atoms with Crippen molar-refractivity contribution in [3.05, 3.63) is 28.7 Å². The first kappa shape index (κ1) is 30.5. The highest BCUT2D eigenvalue weighted by Crippen LogP contribution is 2.29. The molecule has 0 spiro atoms. The molecule has 0 amide bonds. The van der Waals surface area contributed by atoms with Gasteiger partial charge >= 0.3 is 5.69 Å². The molecular formula is C27H47FN3O2S+. The molecule has 34 heavy (non-hydrogen) atoms. The molecule has 0 aliphatic carbocycles. The number of sulfonamides is 1. The molecule has 0 aliphatic heterocycles. The van der Waals surface area contributed by atoms with Gasteiger partial charge in [-0.3, -0.25) is 4.39 Å². The normalized spacial score (nSPS) is 11.6. The number of unbranched alkanes of at least 4 members (excludes halogenated alkanes) is 15. The second-order valence-corrected chi connectivity index (χ2v) is 11.1. The van der Waals surface area contributed by atoms with Gasteiger partial charge in [0.1, 0.15) is 0 Å². The first-order chi connectivity index (χ1) is 16.6. The van der Waals surface area contributed by atoms with E-state index in [0.29, 0.717) is 24.9 Å². The van der Waals surface area contributed by atoms with E-state index in [1.54, 1.807) is 6.07 Å². The monoisotopic (exact) mass is 496 g/mol. The van der Waals surface area contributed by atoms with Crippen LogP contribution in [0.5, 0.6) is 0 Å². The second-order valence-electron chi connectivity index (χ2n) is 9.36. The highest BCUT2D eigenvalue weighted by Gasteiger charge is 2.29. The lowest BCUT2D eigenvalue weighted by Gasteiger charge is -2.10. The van der Waals surface area contributed by atoms with Crippen LogP contribution in [0.2, 0.25) is 0 Å². The van der Waals surface area contributed by atoms with Gasteiger partial charge in [0.15, 0.2) is 9.87 Å². The smallest absolute Gasteiger partial charge is 0.251 e. The number of hydrogen-bond donors (Lipinski definition) is 1. The fourth-order valence-electron chi connectivity index (χ4n) is 4.34. The average Bonchev–Trinajstić information content (AvgIpc) is 2.83. The maximum Gasteiger partial charge on any atom is 0.405 e. The Morgan fingerprint density at radius 3 is 1.88 bits per heavy atom. The van der Waals surface area contributed by atoms with Gasteiger partial charge in [-0.05, 0) is 31.2 Å². The molecule has 1 rings (SSSR count). The number of benzene rings is 1. The van der Waals surface area contributed by atoms with Crippen molar-refractivity contribution in [2.75, 3.05) is 13.2 Å². The molecule has 0 fully saturated rings. The van der Waals surface area contributed by atoms with Gasteiger partial charge in [-0.1, -0.05) is 109 Å². The van der Waals surface area contributed by atoms with Crippen LogP contribution in [-0.4, -0.2) is 21.6 Å². The van der Waals surface area contributed by atoms with Gasteiger partial charge in [-0.2, -0.15) is 0 Å². The molecule has 0 bridgehead atoms. The zero-order chi connectivity index (χ0) is 24.9. The Kier molecular flexibility index (Phi) is 17.7. The Balaban J connectivity index is 2.42. The van der Waals surface area contributed by atoms with Crippen LogP contribution in [0.4, 0.5) is 10.1 Å². The van der Waals surface area contributed by atoms with Crippen LogP contribution >= 0.6 is 0 Å². The van der Waals surface area contributed by atoms with E-state index in [4.69, 9.17) is 0 Å². The molecule has 0 aliphatic rings. The summed E-state index contributed by atoms with van der Waals surface area (Å²) in [6.45, 7) is 2.33. The highest BCUT2D eigenvalue weighted by molar-refractivity contribution is 7.89. The standard InChI is InChI=1S/C27H47FN3O2S/c1-2-3-4-5-6-7-8-9-10-13-16-20-25-21-19-22-26(31-29)27(25)34(32,33)30-24-18-15-12-11-14-17-23-28/h19,21-22,30H,2-18,20,23-24H2,1H3/q+1. The second kappa shape index (κ2) is 19.8. The maximum atomic E-state index is 13.0. The lowest BCUT2D eigenvalue weighted by Crippen LogP contribution is -2.26. The van der Waals surface area contributed by atoms with Crippen molar-refractivity contribution in [3.63, 3.8) is 0 Å². The third-order valence-electron chi connectivity index (χ3n) is 6.35. The van der Waals surface area contributed by atoms with Crippen LogP contribution < -0.4 is 4.72 Å². The van der Waals surface area contributed by atoms with Crippen molar-refractivity contribution in [2.45, 2.75) is 127 Å². The Hall–Kier alpha value is -1.52. The van der Waals surface area contributed by atoms with E-state index in [-0.39, 0.29) is 17.3 Å². The van der Waals surface area contributed by atoms with Gasteiger partial charge in [-0.15, -0.1) is 0 Å². The fraction of sp³-hybridized carbons (Fsp3) is 0.778. The van der Waals surface area contributed by atoms with Crippen molar-refractivity contribution in [3.8, 4) is 0 Å². The Bertz CT molecular complexity index is 794. The third kappa shape index (κ3) is 13.4. The number of aryl methyl sites for hydroxylation is 1. The van der Waals surface area contributed by atoms with Gasteiger partial charge in [0.05, 0.1) is 6.67 Å². The molecule has 0 saturated carbocycles. The van der Waals surface area contributed by atoms with Gasteiger partial charge in [0, 0.05) is 12.6 Å². The van der Waals surface area contributed by atoms with E-state index in [2.05, 4.69) is 16.6 Å². The first-order valence-electron chi connectivity index (χ1n) is 13.6. The van der Waals surface area contributed by atoms with Crippen molar-refractivity contribution < 1.29 is 12.8 Å². The van der Waals surface area contributed by atoms with Crippen LogP contribution in [0.1, 0.15) is 122 Å². The van der Waals surface area contributed by atoms with Gasteiger partial charge < -0.3 is 0 Å². The Morgan fingerprint density at radius 1 is 0.794 bits per heavy atom. The van der Waals surface area contributed by atoms with Crippen molar-refractivity contribution in [1.82, 2.24) is 4.72 Å². The lowest BCUT2D eigenvalue weighted by atomic mass is 10.0. The zero-order valence-electron chi connectivity index (χ0n) is 21.4. The van der Waals surface area contributed by atoms with Gasteiger partial charge in [0.2, 0.25) is 15.4 Å². The summed E-state index contributed by atoms with van der Waals surface area (Å²) in [4.78, 5) is 3.34. The predicted molar refractivity (Wildman–Crippen MR) is 140 cm³/mol. The maximum absolute atomic E-state index is 13.0. The Labute approximate surface area is 208 Å². The number of diazo groups is 1. The van der Waals surface area contributed by atoms with E-state index in [1.165, 1.54) is 63.9 Å². The topological polar surface area (TPSA) is 74.3 Å². The summed E-state index contributed by atoms with van der Waals surface area (Å²) in [5.41, 5.74) is 0.809. The highest BCUT2D eigenvalue weighted by atomic mass is 32.2. The van der Waals surface area contributed by atoms with Crippen LogP contribution in [0, 0.1) is 5.39 Å². The predicted octanol–water partition coefficient (Wildman–Crippen LogP) is 8.61. The lowest BCUT2D eigenvalue weighted by molar-refractivity contribution is 0.450. The number of hydrogen-bond acceptors (Lipinski definition) is 3. The molecule has 0 radical (unpaired) electrons. The summed E-state index contributed by atoms with van der Waals surface area (Å²) in [7, 11) is -3.75. The summed E-state index contributed by atoms with van der Waals surface area (Å²) in [5.74, 6) is 0. The quantitative estimate of drug-likeness (QED) is 0.129. The molecule has 0 aromatic heterocycles. The minimum absolute atomic E-state index is 0.0966. The van der Waals surface area contributed by atoms with Crippen molar-refractivity contribution >= 4 is 15.7 Å².